The number of hydrogen-bond donors (Lipinski definition) is 9. The summed E-state index contributed by atoms with van der Waals surface area (Å²) in [7, 11) is 0. The van der Waals surface area contributed by atoms with E-state index in [2.05, 4.69) is 6.92 Å². The highest BCUT2D eigenvalue weighted by Crippen LogP contribution is 2.14. The Balaban J connectivity index is -0.000000563. The largest absolute Gasteiger partial charge is 0.481 e. The van der Waals surface area contributed by atoms with Crippen LogP contribution in [0.5, 0.6) is 0 Å². The van der Waals surface area contributed by atoms with E-state index in [0.717, 1.165) is 12.8 Å². The molecule has 0 heterocycles. The quantitative estimate of drug-likeness (QED) is 0.0794. The Hall–Kier alpha value is -0.850. The lowest BCUT2D eigenvalue weighted by atomic mass is 9.93. The lowest BCUT2D eigenvalue weighted by molar-refractivity contribution is -0.137. The van der Waals surface area contributed by atoms with Gasteiger partial charge in [0.05, 0.1) is 63.7 Å². The lowest BCUT2D eigenvalue weighted by Gasteiger charge is -2.23. The molecule has 0 aromatic heterocycles. The molecule has 10 nitrogen and oxygen atoms in total. The standard InChI is InChI=1S/C18H36O2.2C5H12O4/c1-2-3-4-5-6-7-8-9-10-11-12-13-14-15-16-17-18(19)20;2*6-1-5(2-7,3-8)4-9/h2-17H2,1H3,(H,19,20);2*6-9H,1-4H2. The predicted octanol–water partition coefficient (Wildman–Crippen LogP) is 2.22. The second-order valence-corrected chi connectivity index (χ2v) is 10.4. The normalized spacial score (nSPS) is 11.4. The number of aliphatic carboxylic acids is 1. The highest BCUT2D eigenvalue weighted by atomic mass is 16.4. The predicted molar refractivity (Wildman–Crippen MR) is 149 cm³/mol. The second-order valence-electron chi connectivity index (χ2n) is 10.4. The summed E-state index contributed by atoms with van der Waals surface area (Å²) in [4.78, 5) is 10.3. The van der Waals surface area contributed by atoms with Gasteiger partial charge in [-0.05, 0) is 6.42 Å². The summed E-state index contributed by atoms with van der Waals surface area (Å²) in [6.45, 7) is -0.980. The Kier molecular flexibility index (Phi) is 33.6. The van der Waals surface area contributed by atoms with Crippen molar-refractivity contribution in [2.75, 3.05) is 52.9 Å². The minimum Gasteiger partial charge on any atom is -0.481 e. The molecular formula is C28H60O10. The molecule has 0 unspecified atom stereocenters. The van der Waals surface area contributed by atoms with Gasteiger partial charge in [-0.3, -0.25) is 4.79 Å². The Labute approximate surface area is 230 Å². The molecule has 0 aromatic carbocycles. The molecule has 0 radical (unpaired) electrons. The fraction of sp³-hybridized carbons (Fsp3) is 0.964. The molecule has 0 aliphatic carbocycles. The average Bonchev–Trinajstić information content (AvgIpc) is 2.94. The minimum absolute atomic E-state index is 0.345. The first-order valence-electron chi connectivity index (χ1n) is 14.3. The SMILES string of the molecule is CCCCCCCCCCCCCCCCCC(=O)O.OCC(CO)(CO)CO.OCC(CO)(CO)CO. The molecule has 0 saturated heterocycles. The molecule has 0 saturated carbocycles. The van der Waals surface area contributed by atoms with Crippen molar-refractivity contribution in [1.82, 2.24) is 0 Å². The van der Waals surface area contributed by atoms with Crippen LogP contribution in [0.2, 0.25) is 0 Å². The molecule has 9 N–H and O–H groups in total. The number of unbranched alkanes of at least 4 members (excludes halogenated alkanes) is 14. The molecule has 38 heavy (non-hydrogen) atoms. The molecule has 232 valence electrons. The van der Waals surface area contributed by atoms with Gasteiger partial charge >= 0.3 is 5.97 Å². The molecule has 0 bridgehead atoms. The molecule has 0 rings (SSSR count). The highest BCUT2D eigenvalue weighted by molar-refractivity contribution is 5.66. The van der Waals surface area contributed by atoms with Crippen LogP contribution in [0.3, 0.4) is 0 Å². The van der Waals surface area contributed by atoms with Gasteiger partial charge in [0.15, 0.2) is 0 Å². The molecule has 0 aliphatic rings. The van der Waals surface area contributed by atoms with Crippen molar-refractivity contribution in [2.24, 2.45) is 10.8 Å². The number of aliphatic hydroxyl groups excluding tert-OH is 8. The van der Waals surface area contributed by atoms with Crippen LogP contribution < -0.4 is 0 Å². The topological polar surface area (TPSA) is 199 Å². The van der Waals surface area contributed by atoms with Crippen LogP contribution in [-0.4, -0.2) is 105 Å². The van der Waals surface area contributed by atoms with Crippen LogP contribution in [0.25, 0.3) is 0 Å². The van der Waals surface area contributed by atoms with Gasteiger partial charge in [-0.1, -0.05) is 96.8 Å². The van der Waals surface area contributed by atoms with E-state index in [1.54, 1.807) is 0 Å². The smallest absolute Gasteiger partial charge is 0.303 e. The monoisotopic (exact) mass is 556 g/mol. The van der Waals surface area contributed by atoms with Crippen LogP contribution >= 0.6 is 0 Å². The molecule has 0 spiro atoms. The first-order valence-corrected chi connectivity index (χ1v) is 14.3. The Bertz CT molecular complexity index is 414. The third-order valence-electron chi connectivity index (χ3n) is 6.68. The van der Waals surface area contributed by atoms with Gasteiger partial charge in [-0.15, -0.1) is 0 Å². The zero-order valence-corrected chi connectivity index (χ0v) is 23.9. The average molecular weight is 557 g/mol. The van der Waals surface area contributed by atoms with E-state index >= 15 is 0 Å². The van der Waals surface area contributed by atoms with Crippen LogP contribution in [0.1, 0.15) is 110 Å². The van der Waals surface area contributed by atoms with Crippen LogP contribution in [0, 0.1) is 10.8 Å². The van der Waals surface area contributed by atoms with E-state index in [4.69, 9.17) is 46.0 Å². The summed E-state index contributed by atoms with van der Waals surface area (Å²) < 4.78 is 0. The van der Waals surface area contributed by atoms with Crippen LogP contribution in [-0.2, 0) is 4.79 Å². The zero-order valence-electron chi connectivity index (χ0n) is 23.9. The van der Waals surface area contributed by atoms with Crippen LogP contribution in [0.15, 0.2) is 0 Å². The summed E-state index contributed by atoms with van der Waals surface area (Å²) >= 11 is 0. The van der Waals surface area contributed by atoms with Gasteiger partial charge in [0.1, 0.15) is 0 Å². The van der Waals surface area contributed by atoms with Crippen molar-refractivity contribution in [3.8, 4) is 0 Å². The van der Waals surface area contributed by atoms with E-state index in [0.29, 0.717) is 6.42 Å². The first-order chi connectivity index (χ1) is 18.3. The lowest BCUT2D eigenvalue weighted by Crippen LogP contribution is -2.37. The number of carboxylic acids is 1. The second kappa shape index (κ2) is 30.7. The number of hydrogen-bond acceptors (Lipinski definition) is 9. The van der Waals surface area contributed by atoms with E-state index in [1.807, 2.05) is 0 Å². The van der Waals surface area contributed by atoms with E-state index < -0.39 is 69.7 Å². The summed E-state index contributed by atoms with van der Waals surface area (Å²) in [6.07, 6.45) is 20.2. The number of carboxylic acid groups (broad SMARTS) is 1. The van der Waals surface area contributed by atoms with Crippen molar-refractivity contribution in [1.29, 1.82) is 0 Å². The number of carbonyl (C=O) groups is 1. The van der Waals surface area contributed by atoms with Gasteiger partial charge in [0.25, 0.3) is 0 Å². The Morgan fingerprint density at radius 3 is 0.789 bits per heavy atom. The van der Waals surface area contributed by atoms with Gasteiger partial charge < -0.3 is 46.0 Å². The summed E-state index contributed by atoms with van der Waals surface area (Å²) in [5.74, 6) is -0.653. The molecule has 0 amide bonds. The van der Waals surface area contributed by atoms with Gasteiger partial charge in [0.2, 0.25) is 0 Å². The first kappa shape index (κ1) is 41.6. The summed E-state index contributed by atoms with van der Waals surface area (Å²) in [5, 5.41) is 76.5. The molecule has 10 heteroatoms. The Morgan fingerprint density at radius 1 is 0.421 bits per heavy atom. The highest BCUT2D eigenvalue weighted by Gasteiger charge is 2.27. The molecular weight excluding hydrogens is 496 g/mol. The van der Waals surface area contributed by atoms with E-state index in [9.17, 15) is 4.79 Å². The maximum Gasteiger partial charge on any atom is 0.303 e. The van der Waals surface area contributed by atoms with Crippen molar-refractivity contribution < 1.29 is 50.8 Å². The fourth-order valence-corrected chi connectivity index (χ4v) is 3.25. The van der Waals surface area contributed by atoms with Crippen molar-refractivity contribution in [3.63, 3.8) is 0 Å². The summed E-state index contributed by atoms with van der Waals surface area (Å²) in [5.41, 5.74) is -2.22. The van der Waals surface area contributed by atoms with Crippen LogP contribution in [0.4, 0.5) is 0 Å². The molecule has 0 aliphatic heterocycles. The van der Waals surface area contributed by atoms with E-state index in [1.165, 1.54) is 83.5 Å². The molecule has 0 atom stereocenters. The third-order valence-corrected chi connectivity index (χ3v) is 6.68. The maximum atomic E-state index is 10.3. The van der Waals surface area contributed by atoms with Gasteiger partial charge in [-0.2, -0.15) is 0 Å². The zero-order chi connectivity index (χ0) is 29.5. The fourth-order valence-electron chi connectivity index (χ4n) is 3.25. The van der Waals surface area contributed by atoms with Gasteiger partial charge in [-0.25, -0.2) is 0 Å². The Morgan fingerprint density at radius 2 is 0.632 bits per heavy atom. The van der Waals surface area contributed by atoms with Crippen molar-refractivity contribution >= 4 is 5.97 Å². The van der Waals surface area contributed by atoms with E-state index in [-0.39, 0.29) is 0 Å². The molecule has 0 aromatic rings. The molecule has 0 fully saturated rings. The summed E-state index contributed by atoms with van der Waals surface area (Å²) in [6, 6.07) is 0. The van der Waals surface area contributed by atoms with Gasteiger partial charge in [0, 0.05) is 6.42 Å². The maximum absolute atomic E-state index is 10.3. The number of aliphatic hydroxyl groups is 8. The minimum atomic E-state index is -1.11. The van der Waals surface area contributed by atoms with Crippen molar-refractivity contribution in [2.45, 2.75) is 110 Å². The van der Waals surface area contributed by atoms with Crippen molar-refractivity contribution in [3.05, 3.63) is 0 Å². The third kappa shape index (κ3) is 25.4. The number of rotatable bonds is 24.